The molecule has 2 N–H and O–H groups in total. The number of hydrogen-bond acceptors (Lipinski definition) is 4. The van der Waals surface area contributed by atoms with Crippen molar-refractivity contribution < 1.29 is 9.59 Å². The largest absolute Gasteiger partial charge is 0.336 e. The Morgan fingerprint density at radius 2 is 1.59 bits per heavy atom. The Morgan fingerprint density at radius 3 is 2.27 bits per heavy atom. The first-order valence-corrected chi connectivity index (χ1v) is 15.7. The summed E-state index contributed by atoms with van der Waals surface area (Å²) in [6, 6.07) is 22.3. The number of hydrogen-bond donors (Lipinski definition) is 2. The molecule has 0 saturated carbocycles. The predicted octanol–water partition coefficient (Wildman–Crippen LogP) is 7.07. The number of carbonyl (C=O) groups excluding carboxylic acids is 2. The van der Waals surface area contributed by atoms with Gasteiger partial charge in [-0.2, -0.15) is 5.10 Å². The zero-order valence-electron chi connectivity index (χ0n) is 26.1. The molecule has 2 aromatic heterocycles. The lowest BCUT2D eigenvalue weighted by molar-refractivity contribution is -0.135. The van der Waals surface area contributed by atoms with E-state index in [2.05, 4.69) is 53.4 Å². The van der Waals surface area contributed by atoms with Crippen LogP contribution in [0.4, 0.5) is 16.3 Å². The maximum absolute atomic E-state index is 13.2. The minimum Gasteiger partial charge on any atom is -0.336 e. The summed E-state index contributed by atoms with van der Waals surface area (Å²) in [6.45, 7) is 8.38. The molecule has 8 nitrogen and oxygen atoms in total. The van der Waals surface area contributed by atoms with E-state index < -0.39 is 0 Å². The molecule has 44 heavy (non-hydrogen) atoms. The van der Waals surface area contributed by atoms with Gasteiger partial charge in [0.2, 0.25) is 5.91 Å². The smallest absolute Gasteiger partial charge is 0.324 e. The summed E-state index contributed by atoms with van der Waals surface area (Å²) in [6.07, 6.45) is 9.09. The van der Waals surface area contributed by atoms with Crippen molar-refractivity contribution >= 4 is 23.4 Å². The van der Waals surface area contributed by atoms with Gasteiger partial charge in [-0.3, -0.25) is 15.1 Å². The molecular weight excluding hydrogens is 548 g/mol. The molecule has 8 heteroatoms. The molecule has 2 aliphatic rings. The SMILES string of the molecule is Cc1ccc(-n2nc(C(C)(C)C)cc2NC(=O)Nc2cccc(CC3CC4CCC(C3)N4C(=O)Cc3ccncc3)c2)cc1. The van der Waals surface area contributed by atoms with Crippen LogP contribution in [0.1, 0.15) is 68.8 Å². The number of urea groups is 1. The Labute approximate surface area is 259 Å². The quantitative estimate of drug-likeness (QED) is 0.241. The van der Waals surface area contributed by atoms with Crippen LogP contribution in [0.2, 0.25) is 0 Å². The fourth-order valence-electron chi connectivity index (χ4n) is 6.74. The number of aromatic nitrogens is 3. The Bertz CT molecular complexity index is 1610. The van der Waals surface area contributed by atoms with Crippen molar-refractivity contribution in [1.82, 2.24) is 19.7 Å². The van der Waals surface area contributed by atoms with Crippen molar-refractivity contribution in [1.29, 1.82) is 0 Å². The van der Waals surface area contributed by atoms with Gasteiger partial charge in [-0.05, 0) is 92.5 Å². The Morgan fingerprint density at radius 1 is 0.886 bits per heavy atom. The van der Waals surface area contributed by atoms with Gasteiger partial charge in [0.1, 0.15) is 5.82 Å². The summed E-state index contributed by atoms with van der Waals surface area (Å²) >= 11 is 0. The van der Waals surface area contributed by atoms with Crippen LogP contribution in [-0.2, 0) is 23.1 Å². The highest BCUT2D eigenvalue weighted by Crippen LogP contribution is 2.40. The molecule has 2 aromatic carbocycles. The van der Waals surface area contributed by atoms with Crippen molar-refractivity contribution in [2.75, 3.05) is 10.6 Å². The molecular formula is C36H42N6O2. The van der Waals surface area contributed by atoms with E-state index in [-0.39, 0.29) is 17.4 Å². The summed E-state index contributed by atoms with van der Waals surface area (Å²) in [5, 5.41) is 10.9. The number of carbonyl (C=O) groups is 2. The third-order valence-electron chi connectivity index (χ3n) is 8.93. The van der Waals surface area contributed by atoms with E-state index in [4.69, 9.17) is 5.10 Å². The van der Waals surface area contributed by atoms with Crippen LogP contribution in [0.5, 0.6) is 0 Å². The number of pyridine rings is 1. The second kappa shape index (κ2) is 12.3. The highest BCUT2D eigenvalue weighted by atomic mass is 16.2. The number of piperidine rings is 1. The van der Waals surface area contributed by atoms with Crippen molar-refractivity contribution in [3.63, 3.8) is 0 Å². The van der Waals surface area contributed by atoms with Crippen LogP contribution in [-0.4, -0.2) is 43.7 Å². The number of benzene rings is 2. The first-order valence-electron chi connectivity index (χ1n) is 15.7. The second-order valence-electron chi connectivity index (χ2n) is 13.5. The fraction of sp³-hybridized carbons (Fsp3) is 0.389. The number of fused-ring (bicyclic) bond motifs is 2. The average molecular weight is 591 g/mol. The number of rotatable bonds is 7. The zero-order valence-corrected chi connectivity index (χ0v) is 26.1. The van der Waals surface area contributed by atoms with E-state index in [9.17, 15) is 9.59 Å². The van der Waals surface area contributed by atoms with E-state index >= 15 is 0 Å². The summed E-state index contributed by atoms with van der Waals surface area (Å²) in [7, 11) is 0. The minimum atomic E-state index is -0.310. The number of aryl methyl sites for hydroxylation is 1. The van der Waals surface area contributed by atoms with E-state index in [1.165, 1.54) is 5.56 Å². The summed E-state index contributed by atoms with van der Waals surface area (Å²) < 4.78 is 1.79. The summed E-state index contributed by atoms with van der Waals surface area (Å²) in [5.41, 5.74) is 5.76. The standard InChI is InChI=1S/C36H42N6O2/c1-24-8-10-29(11-9-24)42-33(23-32(40-42)36(2,3)4)39-35(44)38-28-7-5-6-26(19-28)18-27-20-30-12-13-31(21-27)41(30)34(43)22-25-14-16-37-17-15-25/h5-11,14-17,19,23,27,30-31H,12-13,18,20-22H2,1-4H3,(H2,38,39,44). The van der Waals surface area contributed by atoms with Crippen molar-refractivity contribution in [3.05, 3.63) is 102 Å². The maximum Gasteiger partial charge on any atom is 0.324 e. The summed E-state index contributed by atoms with van der Waals surface area (Å²) in [5.74, 6) is 1.37. The van der Waals surface area contributed by atoms with E-state index in [0.29, 0.717) is 30.2 Å². The van der Waals surface area contributed by atoms with Crippen LogP contribution in [0.15, 0.2) is 79.1 Å². The van der Waals surface area contributed by atoms with Crippen molar-refractivity contribution in [2.45, 2.75) is 83.7 Å². The van der Waals surface area contributed by atoms with E-state index in [1.807, 2.05) is 61.5 Å². The molecule has 0 spiro atoms. The highest BCUT2D eigenvalue weighted by molar-refractivity contribution is 5.99. The molecule has 6 rings (SSSR count). The van der Waals surface area contributed by atoms with E-state index in [1.54, 1.807) is 17.1 Å². The average Bonchev–Trinajstić information content (AvgIpc) is 3.52. The molecule has 2 fully saturated rings. The van der Waals surface area contributed by atoms with E-state index in [0.717, 1.165) is 60.3 Å². The lowest BCUT2D eigenvalue weighted by atomic mass is 9.85. The van der Waals surface area contributed by atoms with Crippen LogP contribution in [0.3, 0.4) is 0 Å². The first-order chi connectivity index (χ1) is 21.1. The molecule has 2 aliphatic heterocycles. The normalized spacial score (nSPS) is 19.5. The topological polar surface area (TPSA) is 92.2 Å². The third-order valence-corrected chi connectivity index (χ3v) is 8.93. The second-order valence-corrected chi connectivity index (χ2v) is 13.5. The molecule has 4 aromatic rings. The molecule has 2 bridgehead atoms. The molecule has 3 amide bonds. The van der Waals surface area contributed by atoms with Gasteiger partial charge in [0, 0.05) is 41.6 Å². The van der Waals surface area contributed by atoms with Crippen LogP contribution >= 0.6 is 0 Å². The number of nitrogens with zero attached hydrogens (tertiary/aromatic N) is 4. The van der Waals surface area contributed by atoms with Crippen LogP contribution in [0.25, 0.3) is 5.69 Å². The van der Waals surface area contributed by atoms with Gasteiger partial charge >= 0.3 is 6.03 Å². The minimum absolute atomic E-state index is 0.167. The third kappa shape index (κ3) is 6.69. The van der Waals surface area contributed by atoms with Gasteiger partial charge in [-0.15, -0.1) is 0 Å². The maximum atomic E-state index is 13.2. The molecule has 0 aliphatic carbocycles. The van der Waals surface area contributed by atoms with Crippen molar-refractivity contribution in [3.8, 4) is 5.69 Å². The van der Waals surface area contributed by atoms with Gasteiger partial charge in [-0.1, -0.05) is 50.6 Å². The highest BCUT2D eigenvalue weighted by Gasteiger charge is 2.42. The van der Waals surface area contributed by atoms with Crippen molar-refractivity contribution in [2.24, 2.45) is 5.92 Å². The molecule has 2 saturated heterocycles. The lowest BCUT2D eigenvalue weighted by Gasteiger charge is -2.39. The zero-order chi connectivity index (χ0) is 30.8. The van der Waals surface area contributed by atoms with Gasteiger partial charge in [0.25, 0.3) is 0 Å². The first kappa shape index (κ1) is 29.6. The van der Waals surface area contributed by atoms with Crippen LogP contribution in [0, 0.1) is 12.8 Å². The lowest BCUT2D eigenvalue weighted by Crippen LogP contribution is -2.47. The molecule has 0 radical (unpaired) electrons. The number of anilines is 2. The van der Waals surface area contributed by atoms with Gasteiger partial charge in [-0.25, -0.2) is 9.48 Å². The van der Waals surface area contributed by atoms with Gasteiger partial charge < -0.3 is 10.2 Å². The Hall–Kier alpha value is -4.46. The van der Waals surface area contributed by atoms with Gasteiger partial charge in [0.05, 0.1) is 17.8 Å². The Balaban J connectivity index is 1.09. The summed E-state index contributed by atoms with van der Waals surface area (Å²) in [4.78, 5) is 32.6. The number of amides is 3. The number of nitrogens with one attached hydrogen (secondary N) is 2. The molecule has 4 heterocycles. The van der Waals surface area contributed by atoms with Gasteiger partial charge in [0.15, 0.2) is 0 Å². The molecule has 2 atom stereocenters. The molecule has 228 valence electrons. The molecule has 2 unspecified atom stereocenters. The fourth-order valence-corrected chi connectivity index (χ4v) is 6.74. The predicted molar refractivity (Wildman–Crippen MR) is 174 cm³/mol. The monoisotopic (exact) mass is 590 g/mol. The van der Waals surface area contributed by atoms with Crippen LogP contribution < -0.4 is 10.6 Å². The Kier molecular flexibility index (Phi) is 8.25.